The van der Waals surface area contributed by atoms with Gasteiger partial charge in [0.2, 0.25) is 0 Å². The quantitative estimate of drug-likeness (QED) is 0.904. The zero-order chi connectivity index (χ0) is 12.3. The molecule has 0 aromatic carbocycles. The van der Waals surface area contributed by atoms with Crippen LogP contribution in [0, 0.1) is 6.92 Å². The minimum Gasteiger partial charge on any atom is -0.312 e. The number of aryl methyl sites for hydroxylation is 2. The van der Waals surface area contributed by atoms with Crippen molar-refractivity contribution in [2.24, 2.45) is 0 Å². The van der Waals surface area contributed by atoms with Gasteiger partial charge in [-0.15, -0.1) is 16.4 Å². The molecule has 0 bridgehead atoms. The van der Waals surface area contributed by atoms with Gasteiger partial charge in [-0.1, -0.05) is 11.4 Å². The van der Waals surface area contributed by atoms with E-state index in [1.54, 1.807) is 11.3 Å². The van der Waals surface area contributed by atoms with Crippen LogP contribution in [-0.4, -0.2) is 21.6 Å². The molecular formula is C11H16N4S2. The van der Waals surface area contributed by atoms with E-state index in [9.17, 15) is 0 Å². The number of nitrogens with one attached hydrogen (secondary N) is 1. The standard InChI is InChI=1S/C11H16N4S2/c1-4-9-11(17-15-14-9)10(12-3)5-8-6-16-7(2)13-8/h6,10,12H,4-5H2,1-3H3. The van der Waals surface area contributed by atoms with Crippen LogP contribution in [0.15, 0.2) is 5.38 Å². The lowest BCUT2D eigenvalue weighted by molar-refractivity contribution is 0.589. The average molecular weight is 268 g/mol. The number of rotatable bonds is 5. The molecule has 17 heavy (non-hydrogen) atoms. The molecule has 1 unspecified atom stereocenters. The molecule has 0 saturated heterocycles. The molecule has 1 N–H and O–H groups in total. The molecule has 4 nitrogen and oxygen atoms in total. The molecule has 0 aliphatic heterocycles. The van der Waals surface area contributed by atoms with Crippen LogP contribution < -0.4 is 5.32 Å². The normalized spacial score (nSPS) is 12.9. The summed E-state index contributed by atoms with van der Waals surface area (Å²) in [6, 6.07) is 0.270. The fourth-order valence-corrected chi connectivity index (χ4v) is 3.23. The number of likely N-dealkylation sites (N-methyl/N-ethyl adjacent to an activating group) is 1. The molecule has 2 heterocycles. The first-order chi connectivity index (χ1) is 8.24. The van der Waals surface area contributed by atoms with E-state index in [0.717, 1.165) is 29.2 Å². The molecule has 1 atom stereocenters. The summed E-state index contributed by atoms with van der Waals surface area (Å²) in [5, 5.41) is 10.7. The smallest absolute Gasteiger partial charge is 0.0897 e. The summed E-state index contributed by atoms with van der Waals surface area (Å²) in [5.74, 6) is 0. The Balaban J connectivity index is 2.16. The molecule has 0 amide bonds. The second-order valence-corrected chi connectivity index (χ2v) is 5.69. The van der Waals surface area contributed by atoms with Gasteiger partial charge < -0.3 is 5.32 Å². The molecule has 0 spiro atoms. The molecule has 92 valence electrons. The largest absolute Gasteiger partial charge is 0.312 e. The maximum atomic E-state index is 4.51. The number of thiazole rings is 1. The second-order valence-electron chi connectivity index (χ2n) is 3.84. The molecule has 2 aromatic heterocycles. The van der Waals surface area contributed by atoms with Crippen LogP contribution in [0.25, 0.3) is 0 Å². The Bertz CT molecular complexity index is 477. The first-order valence-electron chi connectivity index (χ1n) is 5.64. The summed E-state index contributed by atoms with van der Waals surface area (Å²) < 4.78 is 4.04. The van der Waals surface area contributed by atoms with Gasteiger partial charge in [-0.2, -0.15) is 0 Å². The highest BCUT2D eigenvalue weighted by Gasteiger charge is 2.18. The van der Waals surface area contributed by atoms with Crippen LogP contribution in [0.5, 0.6) is 0 Å². The van der Waals surface area contributed by atoms with E-state index in [0.29, 0.717) is 0 Å². The van der Waals surface area contributed by atoms with Crippen molar-refractivity contribution in [3.8, 4) is 0 Å². The van der Waals surface area contributed by atoms with Crippen LogP contribution in [0.3, 0.4) is 0 Å². The molecule has 0 fully saturated rings. The van der Waals surface area contributed by atoms with Crippen LogP contribution in [-0.2, 0) is 12.8 Å². The molecule has 0 aliphatic rings. The van der Waals surface area contributed by atoms with Crippen molar-refractivity contribution in [1.29, 1.82) is 0 Å². The first-order valence-corrected chi connectivity index (χ1v) is 7.29. The zero-order valence-electron chi connectivity index (χ0n) is 10.2. The predicted octanol–water partition coefficient (Wildman–Crippen LogP) is 2.37. The Morgan fingerprint density at radius 1 is 1.47 bits per heavy atom. The summed E-state index contributed by atoms with van der Waals surface area (Å²) in [4.78, 5) is 5.74. The van der Waals surface area contributed by atoms with Crippen LogP contribution >= 0.6 is 22.9 Å². The summed E-state index contributed by atoms with van der Waals surface area (Å²) in [7, 11) is 1.98. The molecule has 0 aliphatic carbocycles. The third-order valence-electron chi connectivity index (χ3n) is 2.66. The van der Waals surface area contributed by atoms with Gasteiger partial charge in [-0.05, 0) is 31.9 Å². The van der Waals surface area contributed by atoms with Gasteiger partial charge >= 0.3 is 0 Å². The van der Waals surface area contributed by atoms with Crippen molar-refractivity contribution in [3.63, 3.8) is 0 Å². The summed E-state index contributed by atoms with van der Waals surface area (Å²) in [6.07, 6.45) is 1.83. The SMILES string of the molecule is CCc1nnsc1C(Cc1csc(C)n1)NC. The second kappa shape index (κ2) is 5.66. The Morgan fingerprint density at radius 3 is 2.88 bits per heavy atom. The first kappa shape index (κ1) is 12.6. The van der Waals surface area contributed by atoms with Crippen LogP contribution in [0.2, 0.25) is 0 Å². The van der Waals surface area contributed by atoms with E-state index < -0.39 is 0 Å². The van der Waals surface area contributed by atoms with Crippen molar-refractivity contribution >= 4 is 22.9 Å². The average Bonchev–Trinajstić information content (AvgIpc) is 2.94. The molecule has 0 radical (unpaired) electrons. The van der Waals surface area contributed by atoms with E-state index in [-0.39, 0.29) is 6.04 Å². The van der Waals surface area contributed by atoms with Gasteiger partial charge in [-0.25, -0.2) is 4.98 Å². The fourth-order valence-electron chi connectivity index (χ4n) is 1.76. The van der Waals surface area contributed by atoms with E-state index >= 15 is 0 Å². The van der Waals surface area contributed by atoms with E-state index in [1.165, 1.54) is 16.4 Å². The van der Waals surface area contributed by atoms with Gasteiger partial charge in [0.1, 0.15) is 0 Å². The summed E-state index contributed by atoms with van der Waals surface area (Å²) in [5.41, 5.74) is 2.24. The third-order valence-corrected chi connectivity index (χ3v) is 4.37. The summed E-state index contributed by atoms with van der Waals surface area (Å²) >= 11 is 3.18. The lowest BCUT2D eigenvalue weighted by atomic mass is 10.1. The minimum absolute atomic E-state index is 0.270. The Kier molecular flexibility index (Phi) is 4.20. The van der Waals surface area contributed by atoms with E-state index in [1.807, 2.05) is 14.0 Å². The monoisotopic (exact) mass is 268 g/mol. The molecule has 6 heteroatoms. The molecule has 0 saturated carbocycles. The zero-order valence-corrected chi connectivity index (χ0v) is 11.9. The van der Waals surface area contributed by atoms with Crippen molar-refractivity contribution in [2.75, 3.05) is 7.05 Å². The Labute approximate surface area is 109 Å². The molecular weight excluding hydrogens is 252 g/mol. The number of nitrogens with zero attached hydrogens (tertiary/aromatic N) is 3. The van der Waals surface area contributed by atoms with Crippen LogP contribution in [0.4, 0.5) is 0 Å². The highest BCUT2D eigenvalue weighted by molar-refractivity contribution is 7.09. The number of hydrogen-bond donors (Lipinski definition) is 1. The number of aromatic nitrogens is 3. The fraction of sp³-hybridized carbons (Fsp3) is 0.545. The van der Waals surface area contributed by atoms with Gasteiger partial charge in [0, 0.05) is 11.8 Å². The maximum Gasteiger partial charge on any atom is 0.0897 e. The minimum atomic E-state index is 0.270. The highest BCUT2D eigenvalue weighted by Crippen LogP contribution is 2.24. The Hall–Kier alpha value is -0.850. The number of hydrogen-bond acceptors (Lipinski definition) is 6. The van der Waals surface area contributed by atoms with E-state index in [4.69, 9.17) is 0 Å². The molecule has 2 aromatic rings. The maximum absolute atomic E-state index is 4.51. The van der Waals surface area contributed by atoms with Gasteiger partial charge in [0.15, 0.2) is 0 Å². The van der Waals surface area contributed by atoms with Gasteiger partial charge in [0.05, 0.1) is 27.3 Å². The van der Waals surface area contributed by atoms with E-state index in [2.05, 4.69) is 32.2 Å². The predicted molar refractivity (Wildman–Crippen MR) is 71.6 cm³/mol. The van der Waals surface area contributed by atoms with Crippen molar-refractivity contribution < 1.29 is 0 Å². The van der Waals surface area contributed by atoms with Gasteiger partial charge in [-0.3, -0.25) is 0 Å². The topological polar surface area (TPSA) is 50.7 Å². The highest BCUT2D eigenvalue weighted by atomic mass is 32.1. The van der Waals surface area contributed by atoms with Crippen molar-refractivity contribution in [2.45, 2.75) is 32.7 Å². The summed E-state index contributed by atoms with van der Waals surface area (Å²) in [6.45, 7) is 4.15. The van der Waals surface area contributed by atoms with Crippen LogP contribution in [0.1, 0.15) is 34.2 Å². The van der Waals surface area contributed by atoms with Crippen molar-refractivity contribution in [1.82, 2.24) is 19.9 Å². The third kappa shape index (κ3) is 2.88. The molecule has 2 rings (SSSR count). The van der Waals surface area contributed by atoms with Gasteiger partial charge in [0.25, 0.3) is 0 Å². The lowest BCUT2D eigenvalue weighted by Gasteiger charge is -2.13. The Morgan fingerprint density at radius 2 is 2.29 bits per heavy atom. The lowest BCUT2D eigenvalue weighted by Crippen LogP contribution is -2.19. The van der Waals surface area contributed by atoms with Crippen molar-refractivity contribution in [3.05, 3.63) is 26.7 Å².